The van der Waals surface area contributed by atoms with Crippen LogP contribution in [0.5, 0.6) is 0 Å². The number of aromatic amines is 1. The molecule has 8 heteroatoms. The number of anilines is 1. The normalized spacial score (nSPS) is 11.5. The van der Waals surface area contributed by atoms with Crippen LogP contribution in [0.25, 0.3) is 11.0 Å². The predicted molar refractivity (Wildman–Crippen MR) is 124 cm³/mol. The zero-order valence-corrected chi connectivity index (χ0v) is 19.1. The minimum absolute atomic E-state index is 0.00359. The summed E-state index contributed by atoms with van der Waals surface area (Å²) >= 11 is 6.28. The molecular weight excluding hydrogens is 416 g/mol. The van der Waals surface area contributed by atoms with Crippen molar-refractivity contribution >= 4 is 34.2 Å². The minimum Gasteiger partial charge on any atom is -0.322 e. The molecule has 0 radical (unpaired) electrons. The van der Waals surface area contributed by atoms with Crippen LogP contribution in [0.15, 0.2) is 33.9 Å². The van der Waals surface area contributed by atoms with Gasteiger partial charge in [-0.05, 0) is 42.0 Å². The van der Waals surface area contributed by atoms with Crippen molar-refractivity contribution in [1.82, 2.24) is 14.5 Å². The van der Waals surface area contributed by atoms with Crippen molar-refractivity contribution in [2.45, 2.75) is 53.5 Å². The highest BCUT2D eigenvalue weighted by Crippen LogP contribution is 2.24. The first-order chi connectivity index (χ1) is 14.6. The average Bonchev–Trinajstić information content (AvgIpc) is 2.70. The number of benzene rings is 1. The smallest absolute Gasteiger partial charge is 0.322 e. The Kier molecular flexibility index (Phi) is 6.65. The minimum atomic E-state index is -0.632. The summed E-state index contributed by atoms with van der Waals surface area (Å²) in [5.74, 6) is -0.321. The van der Waals surface area contributed by atoms with Crippen molar-refractivity contribution in [3.8, 4) is 0 Å². The second-order valence-electron chi connectivity index (χ2n) is 8.33. The van der Waals surface area contributed by atoms with E-state index >= 15 is 0 Å². The molecule has 7 nitrogen and oxygen atoms in total. The molecule has 0 spiro atoms. The van der Waals surface area contributed by atoms with Gasteiger partial charge in [0.2, 0.25) is 0 Å². The van der Waals surface area contributed by atoms with E-state index in [1.54, 1.807) is 18.2 Å². The zero-order chi connectivity index (χ0) is 22.9. The van der Waals surface area contributed by atoms with Gasteiger partial charge in [-0.1, -0.05) is 52.3 Å². The van der Waals surface area contributed by atoms with Gasteiger partial charge in [0.05, 0.1) is 10.9 Å². The Labute approximate surface area is 185 Å². The molecule has 0 atom stereocenters. The molecule has 164 valence electrons. The van der Waals surface area contributed by atoms with Crippen LogP contribution in [0.2, 0.25) is 5.02 Å². The van der Waals surface area contributed by atoms with Gasteiger partial charge in [0.25, 0.3) is 11.5 Å². The summed E-state index contributed by atoms with van der Waals surface area (Å²) in [4.78, 5) is 45.3. The Morgan fingerprint density at radius 2 is 1.90 bits per heavy atom. The van der Waals surface area contributed by atoms with Gasteiger partial charge in [0.15, 0.2) is 5.65 Å². The van der Waals surface area contributed by atoms with Gasteiger partial charge in [-0.3, -0.25) is 19.1 Å². The van der Waals surface area contributed by atoms with Gasteiger partial charge in [0, 0.05) is 22.9 Å². The Morgan fingerprint density at radius 1 is 1.19 bits per heavy atom. The van der Waals surface area contributed by atoms with E-state index in [4.69, 9.17) is 11.6 Å². The third kappa shape index (κ3) is 4.71. The fourth-order valence-corrected chi connectivity index (χ4v) is 3.73. The number of fused-ring (bicyclic) bond motifs is 1. The second-order valence-corrected chi connectivity index (χ2v) is 8.73. The number of rotatable bonds is 6. The zero-order valence-electron chi connectivity index (χ0n) is 18.4. The van der Waals surface area contributed by atoms with Crippen LogP contribution >= 0.6 is 11.6 Å². The number of aryl methyl sites for hydroxylation is 1. The molecule has 2 N–H and O–H groups in total. The molecule has 3 rings (SSSR count). The molecule has 0 unspecified atom stereocenters. The van der Waals surface area contributed by atoms with E-state index in [0.717, 1.165) is 12.0 Å². The van der Waals surface area contributed by atoms with Gasteiger partial charge in [0.1, 0.15) is 0 Å². The van der Waals surface area contributed by atoms with Crippen LogP contribution in [0, 0.1) is 5.92 Å². The molecule has 2 aromatic heterocycles. The molecule has 3 aromatic rings. The lowest BCUT2D eigenvalue weighted by Gasteiger charge is -2.16. The highest BCUT2D eigenvalue weighted by atomic mass is 35.5. The van der Waals surface area contributed by atoms with Crippen LogP contribution in [-0.4, -0.2) is 20.4 Å². The second kappa shape index (κ2) is 9.06. The summed E-state index contributed by atoms with van der Waals surface area (Å²) in [6, 6.07) is 6.93. The van der Waals surface area contributed by atoms with Crippen molar-refractivity contribution in [2.75, 3.05) is 5.32 Å². The Bertz CT molecular complexity index is 1260. The molecule has 0 aliphatic rings. The number of nitrogens with zero attached hydrogens (tertiary/aromatic N) is 2. The van der Waals surface area contributed by atoms with E-state index in [9.17, 15) is 14.4 Å². The number of carbonyl (C=O) groups excluding carboxylic acids is 1. The quantitative estimate of drug-likeness (QED) is 0.593. The molecular formula is C23H27ClN4O3. The van der Waals surface area contributed by atoms with E-state index in [2.05, 4.69) is 15.3 Å². The molecule has 2 heterocycles. The first kappa shape index (κ1) is 22.7. The third-order valence-electron chi connectivity index (χ3n) is 5.04. The number of H-pyrrole nitrogens is 1. The first-order valence-electron chi connectivity index (χ1n) is 10.4. The summed E-state index contributed by atoms with van der Waals surface area (Å²) in [5.41, 5.74) is 1.35. The lowest BCUT2D eigenvalue weighted by Crippen LogP contribution is -2.33. The lowest BCUT2D eigenvalue weighted by molar-refractivity contribution is 0.102. The van der Waals surface area contributed by atoms with Crippen LogP contribution in [0.4, 0.5) is 5.69 Å². The molecule has 0 saturated carbocycles. The topological polar surface area (TPSA) is 96.8 Å². The Hall–Kier alpha value is -2.93. The Balaban J connectivity index is 2.21. The summed E-state index contributed by atoms with van der Waals surface area (Å²) in [7, 11) is 0. The number of hydrogen-bond donors (Lipinski definition) is 2. The number of carbonyl (C=O) groups is 1. The third-order valence-corrected chi connectivity index (χ3v) is 5.40. The fourth-order valence-electron chi connectivity index (χ4n) is 3.41. The largest absolute Gasteiger partial charge is 0.330 e. The van der Waals surface area contributed by atoms with Gasteiger partial charge in [-0.2, -0.15) is 0 Å². The summed E-state index contributed by atoms with van der Waals surface area (Å²) in [5, 5.41) is 3.48. The first-order valence-corrected chi connectivity index (χ1v) is 10.8. The summed E-state index contributed by atoms with van der Waals surface area (Å²) in [6.07, 6.45) is 0.780. The number of hydrogen-bond acceptors (Lipinski definition) is 4. The van der Waals surface area contributed by atoms with Crippen molar-refractivity contribution in [3.63, 3.8) is 0 Å². The van der Waals surface area contributed by atoms with Crippen LogP contribution in [0.1, 0.15) is 62.2 Å². The highest BCUT2D eigenvalue weighted by Gasteiger charge is 2.21. The molecule has 1 amide bonds. The molecule has 0 saturated heterocycles. The van der Waals surface area contributed by atoms with Gasteiger partial charge in [-0.25, -0.2) is 9.78 Å². The number of amides is 1. The highest BCUT2D eigenvalue weighted by molar-refractivity contribution is 6.31. The average molecular weight is 443 g/mol. The van der Waals surface area contributed by atoms with Crippen molar-refractivity contribution in [3.05, 3.63) is 66.9 Å². The standard InChI is InChI=1S/C23H27ClN4O3/c1-6-14-7-8-15(9-17(14)24)25-21(29)16-10-18(13(4)5)26-20-19(16)22(30)27-23(31)28(20)11-12(2)3/h7-10,12-13H,6,11H2,1-5H3,(H,25,29)(H,27,30,31). The SMILES string of the molecule is CCc1ccc(NC(=O)c2cc(C(C)C)nc3c2c(=O)[nH]c(=O)n3CC(C)C)cc1Cl. The maximum Gasteiger partial charge on any atom is 0.330 e. The molecule has 0 aliphatic carbocycles. The summed E-state index contributed by atoms with van der Waals surface area (Å²) in [6.45, 7) is 10.2. The van der Waals surface area contributed by atoms with Gasteiger partial charge < -0.3 is 5.32 Å². The van der Waals surface area contributed by atoms with Crippen molar-refractivity contribution in [2.24, 2.45) is 5.92 Å². The maximum absolute atomic E-state index is 13.2. The van der Waals surface area contributed by atoms with Crippen LogP contribution < -0.4 is 16.6 Å². The number of aromatic nitrogens is 3. The maximum atomic E-state index is 13.2. The van der Waals surface area contributed by atoms with E-state index in [1.807, 2.05) is 40.7 Å². The summed E-state index contributed by atoms with van der Waals surface area (Å²) < 4.78 is 1.43. The van der Waals surface area contributed by atoms with Crippen LogP contribution in [0.3, 0.4) is 0 Å². The van der Waals surface area contributed by atoms with Gasteiger partial charge >= 0.3 is 5.69 Å². The van der Waals surface area contributed by atoms with E-state index < -0.39 is 17.2 Å². The molecule has 0 bridgehead atoms. The number of halogens is 1. The Morgan fingerprint density at radius 3 is 2.48 bits per heavy atom. The van der Waals surface area contributed by atoms with E-state index in [1.165, 1.54) is 4.57 Å². The fraction of sp³-hybridized carbons (Fsp3) is 0.391. The number of nitrogens with one attached hydrogen (secondary N) is 2. The molecule has 31 heavy (non-hydrogen) atoms. The van der Waals surface area contributed by atoms with Gasteiger partial charge in [-0.15, -0.1) is 0 Å². The molecule has 0 fully saturated rings. The van der Waals surface area contributed by atoms with E-state index in [0.29, 0.717) is 22.9 Å². The predicted octanol–water partition coefficient (Wildman–Crippen LogP) is 4.33. The monoisotopic (exact) mass is 442 g/mol. The molecule has 0 aliphatic heterocycles. The van der Waals surface area contributed by atoms with Crippen molar-refractivity contribution < 1.29 is 4.79 Å². The lowest BCUT2D eigenvalue weighted by atomic mass is 10.0. The number of pyridine rings is 1. The molecule has 1 aromatic carbocycles. The van der Waals surface area contributed by atoms with Crippen molar-refractivity contribution in [1.29, 1.82) is 0 Å². The van der Waals surface area contributed by atoms with Crippen LogP contribution in [-0.2, 0) is 13.0 Å². The van der Waals surface area contributed by atoms with E-state index in [-0.39, 0.29) is 28.4 Å².